The molecule has 0 bridgehead atoms. The van der Waals surface area contributed by atoms with Gasteiger partial charge in [0.05, 0.1) is 6.54 Å². The largest absolute Gasteiger partial charge is 0.352 e. The zero-order chi connectivity index (χ0) is 25.4. The minimum Gasteiger partial charge on any atom is -0.352 e. The van der Waals surface area contributed by atoms with Gasteiger partial charge in [-0.05, 0) is 50.5 Å². The average molecular weight is 476 g/mol. The molecule has 0 aliphatic carbocycles. The Labute approximate surface area is 206 Å². The van der Waals surface area contributed by atoms with Gasteiger partial charge in [-0.15, -0.1) is 0 Å². The summed E-state index contributed by atoms with van der Waals surface area (Å²) in [6.07, 6.45) is 4.03. The maximum absolute atomic E-state index is 13.2. The lowest BCUT2D eigenvalue weighted by Crippen LogP contribution is -2.67. The number of hydrogen-bond acceptors (Lipinski definition) is 5. The average Bonchev–Trinajstić information content (AvgIpc) is 2.84. The molecule has 0 unspecified atom stereocenters. The van der Waals surface area contributed by atoms with E-state index in [0.29, 0.717) is 24.6 Å². The van der Waals surface area contributed by atoms with Gasteiger partial charge in [0.2, 0.25) is 0 Å². The van der Waals surface area contributed by atoms with Crippen LogP contribution in [0.3, 0.4) is 0 Å². The molecule has 0 spiro atoms. The SMILES string of the molecule is Cc1ccc(C(=O)N[C@@](C)(NC(=O)C2=CN(c3ccccc3)CC=N2)C(=O)NCCC(C)C)cc1. The summed E-state index contributed by atoms with van der Waals surface area (Å²) >= 11 is 0. The molecule has 1 aliphatic rings. The number of para-hydroxylation sites is 1. The second-order valence-corrected chi connectivity index (χ2v) is 9.15. The number of aryl methyl sites for hydroxylation is 1. The molecule has 0 fully saturated rings. The molecule has 8 nitrogen and oxygen atoms in total. The molecule has 1 heterocycles. The molecule has 2 aromatic carbocycles. The van der Waals surface area contributed by atoms with Gasteiger partial charge in [-0.2, -0.15) is 0 Å². The van der Waals surface area contributed by atoms with Crippen LogP contribution in [0.15, 0.2) is 71.5 Å². The van der Waals surface area contributed by atoms with Gasteiger partial charge in [0.25, 0.3) is 17.7 Å². The molecule has 0 saturated heterocycles. The van der Waals surface area contributed by atoms with E-state index in [0.717, 1.165) is 17.7 Å². The van der Waals surface area contributed by atoms with Crippen LogP contribution in [-0.2, 0) is 9.59 Å². The summed E-state index contributed by atoms with van der Waals surface area (Å²) in [6.45, 7) is 8.44. The molecule has 3 N–H and O–H groups in total. The van der Waals surface area contributed by atoms with Crippen LogP contribution in [0.1, 0.15) is 43.1 Å². The predicted molar refractivity (Wildman–Crippen MR) is 138 cm³/mol. The number of rotatable bonds is 9. The maximum atomic E-state index is 13.2. The number of carbonyl (C=O) groups is 3. The first-order chi connectivity index (χ1) is 16.7. The molecule has 1 atom stereocenters. The minimum atomic E-state index is -1.69. The first-order valence-corrected chi connectivity index (χ1v) is 11.7. The Morgan fingerprint density at radius 1 is 1.00 bits per heavy atom. The van der Waals surface area contributed by atoms with E-state index in [-0.39, 0.29) is 5.70 Å². The minimum absolute atomic E-state index is 0.130. The molecule has 1 aliphatic heterocycles. The van der Waals surface area contributed by atoms with Crippen LogP contribution in [0, 0.1) is 12.8 Å². The Balaban J connectivity index is 1.80. The molecule has 184 valence electrons. The molecule has 3 amide bonds. The molecule has 8 heteroatoms. The maximum Gasteiger partial charge on any atom is 0.273 e. The Kier molecular flexibility index (Phi) is 8.41. The molecular weight excluding hydrogens is 442 g/mol. The topological polar surface area (TPSA) is 103 Å². The van der Waals surface area contributed by atoms with Gasteiger partial charge in [0.1, 0.15) is 5.70 Å². The number of nitrogens with one attached hydrogen (secondary N) is 3. The van der Waals surface area contributed by atoms with Gasteiger partial charge in [-0.25, -0.2) is 0 Å². The number of nitrogens with zero attached hydrogens (tertiary/aromatic N) is 2. The standard InChI is InChI=1S/C27H33N5O3/c1-19(2)14-15-29-26(35)27(4,30-24(33)21-12-10-20(3)11-13-21)31-25(34)23-18-32(17-16-28-23)22-8-6-5-7-9-22/h5-13,16,18-19H,14-15,17H2,1-4H3,(H,29,35)(H,30,33)(H,31,34)/t27-/m0/s1. The lowest BCUT2D eigenvalue weighted by molar-refractivity contribution is -0.132. The van der Waals surface area contributed by atoms with E-state index >= 15 is 0 Å². The Bertz CT molecular complexity index is 1110. The van der Waals surface area contributed by atoms with Crippen LogP contribution in [0.4, 0.5) is 5.69 Å². The third-order valence-electron chi connectivity index (χ3n) is 5.61. The van der Waals surface area contributed by atoms with Crippen LogP contribution in [0.5, 0.6) is 0 Å². The monoisotopic (exact) mass is 475 g/mol. The van der Waals surface area contributed by atoms with E-state index in [1.54, 1.807) is 24.5 Å². The highest BCUT2D eigenvalue weighted by Gasteiger charge is 2.37. The van der Waals surface area contributed by atoms with E-state index in [2.05, 4.69) is 34.8 Å². The highest BCUT2D eigenvalue weighted by molar-refractivity contribution is 6.03. The highest BCUT2D eigenvalue weighted by Crippen LogP contribution is 2.18. The predicted octanol–water partition coefficient (Wildman–Crippen LogP) is 3.15. The second-order valence-electron chi connectivity index (χ2n) is 9.15. The Morgan fingerprint density at radius 2 is 1.66 bits per heavy atom. The van der Waals surface area contributed by atoms with Crippen molar-refractivity contribution < 1.29 is 14.4 Å². The summed E-state index contributed by atoms with van der Waals surface area (Å²) in [5.41, 5.74) is 0.739. The first-order valence-electron chi connectivity index (χ1n) is 11.7. The van der Waals surface area contributed by atoms with Gasteiger partial charge < -0.3 is 20.9 Å². The third kappa shape index (κ3) is 7.02. The van der Waals surface area contributed by atoms with Crippen LogP contribution >= 0.6 is 0 Å². The quantitative estimate of drug-likeness (QED) is 0.485. The fourth-order valence-corrected chi connectivity index (χ4v) is 3.47. The lowest BCUT2D eigenvalue weighted by Gasteiger charge is -2.31. The Hall–Kier alpha value is -3.94. The molecule has 0 aromatic heterocycles. The van der Waals surface area contributed by atoms with Crippen molar-refractivity contribution in [1.82, 2.24) is 16.0 Å². The fraction of sp³-hybridized carbons (Fsp3) is 0.333. The highest BCUT2D eigenvalue weighted by atomic mass is 16.2. The van der Waals surface area contributed by atoms with E-state index in [1.807, 2.05) is 54.3 Å². The van der Waals surface area contributed by atoms with Gasteiger partial charge in [0, 0.05) is 30.2 Å². The van der Waals surface area contributed by atoms with Gasteiger partial charge in [0.15, 0.2) is 5.66 Å². The lowest BCUT2D eigenvalue weighted by atomic mass is 10.1. The van der Waals surface area contributed by atoms with Crippen LogP contribution < -0.4 is 20.9 Å². The van der Waals surface area contributed by atoms with E-state index in [1.165, 1.54) is 6.92 Å². The van der Waals surface area contributed by atoms with E-state index in [4.69, 9.17) is 0 Å². The van der Waals surface area contributed by atoms with Crippen molar-refractivity contribution in [3.05, 3.63) is 77.6 Å². The molecule has 2 aromatic rings. The zero-order valence-corrected chi connectivity index (χ0v) is 20.7. The van der Waals surface area contributed by atoms with Crippen LogP contribution in [0.2, 0.25) is 0 Å². The van der Waals surface area contributed by atoms with Crippen molar-refractivity contribution in [2.75, 3.05) is 18.0 Å². The summed E-state index contributed by atoms with van der Waals surface area (Å²) in [7, 11) is 0. The number of benzene rings is 2. The Morgan fingerprint density at radius 3 is 2.31 bits per heavy atom. The van der Waals surface area contributed by atoms with Gasteiger partial charge in [-0.1, -0.05) is 49.7 Å². The smallest absolute Gasteiger partial charge is 0.273 e. The molecule has 0 radical (unpaired) electrons. The molecular formula is C27H33N5O3. The number of anilines is 1. The number of carbonyl (C=O) groups excluding carboxylic acids is 3. The molecule has 35 heavy (non-hydrogen) atoms. The second kappa shape index (κ2) is 11.5. The first kappa shape index (κ1) is 25.7. The number of aliphatic imine (C=N–C) groups is 1. The normalized spacial score (nSPS) is 14.7. The van der Waals surface area contributed by atoms with Crippen molar-refractivity contribution in [2.24, 2.45) is 10.9 Å². The van der Waals surface area contributed by atoms with E-state index in [9.17, 15) is 14.4 Å². The summed E-state index contributed by atoms with van der Waals surface area (Å²) in [6, 6.07) is 16.6. The van der Waals surface area contributed by atoms with Gasteiger partial charge >= 0.3 is 0 Å². The zero-order valence-electron chi connectivity index (χ0n) is 20.7. The summed E-state index contributed by atoms with van der Waals surface area (Å²) in [5, 5.41) is 8.22. The number of amides is 3. The van der Waals surface area contributed by atoms with Crippen molar-refractivity contribution in [3.8, 4) is 0 Å². The molecule has 3 rings (SSSR count). The van der Waals surface area contributed by atoms with Crippen molar-refractivity contribution >= 4 is 29.6 Å². The van der Waals surface area contributed by atoms with Crippen molar-refractivity contribution in [1.29, 1.82) is 0 Å². The fourth-order valence-electron chi connectivity index (χ4n) is 3.47. The summed E-state index contributed by atoms with van der Waals surface area (Å²) in [5.74, 6) is -1.16. The summed E-state index contributed by atoms with van der Waals surface area (Å²) < 4.78 is 0. The van der Waals surface area contributed by atoms with Crippen LogP contribution in [-0.4, -0.2) is 42.7 Å². The van der Waals surface area contributed by atoms with Crippen molar-refractivity contribution in [2.45, 2.75) is 39.8 Å². The third-order valence-corrected chi connectivity index (χ3v) is 5.61. The van der Waals surface area contributed by atoms with Crippen molar-refractivity contribution in [3.63, 3.8) is 0 Å². The number of hydrogen-bond donors (Lipinski definition) is 3. The summed E-state index contributed by atoms with van der Waals surface area (Å²) in [4.78, 5) is 45.4. The van der Waals surface area contributed by atoms with Crippen LogP contribution in [0.25, 0.3) is 0 Å². The molecule has 0 saturated carbocycles. The van der Waals surface area contributed by atoms with Gasteiger partial charge in [-0.3, -0.25) is 19.4 Å². The van der Waals surface area contributed by atoms with E-state index < -0.39 is 23.4 Å².